The highest BCUT2D eigenvalue weighted by molar-refractivity contribution is 5.66. The van der Waals surface area contributed by atoms with Crippen molar-refractivity contribution in [1.29, 1.82) is 0 Å². The van der Waals surface area contributed by atoms with E-state index in [1.807, 2.05) is 7.05 Å². The number of nitrogens with one attached hydrogen (secondary N) is 1. The Morgan fingerprint density at radius 2 is 2.00 bits per heavy atom. The molecule has 1 aromatic rings. The van der Waals surface area contributed by atoms with E-state index in [0.29, 0.717) is 5.92 Å². The van der Waals surface area contributed by atoms with Crippen LogP contribution < -0.4 is 5.32 Å². The maximum Gasteiger partial charge on any atom is 0.0411 e. The molecule has 1 aromatic carbocycles. The number of rotatable bonds is 6. The van der Waals surface area contributed by atoms with Gasteiger partial charge in [0.15, 0.2) is 0 Å². The van der Waals surface area contributed by atoms with Crippen LogP contribution in [0.25, 0.3) is 6.08 Å². The summed E-state index contributed by atoms with van der Waals surface area (Å²) in [5, 5.41) is 3.22. The van der Waals surface area contributed by atoms with Gasteiger partial charge in [0.2, 0.25) is 0 Å². The van der Waals surface area contributed by atoms with Crippen LogP contribution in [0.5, 0.6) is 0 Å². The second kappa shape index (κ2) is 7.75. The lowest BCUT2D eigenvalue weighted by atomic mass is 10.0. The normalized spacial score (nSPS) is 12.4. The zero-order chi connectivity index (χ0) is 13.4. The Balaban J connectivity index is 2.55. The second-order valence-corrected chi connectivity index (χ2v) is 5.03. The topological polar surface area (TPSA) is 12.0 Å². The molecule has 1 heteroatoms. The van der Waals surface area contributed by atoms with E-state index in [2.05, 4.69) is 68.6 Å². The summed E-state index contributed by atoms with van der Waals surface area (Å²) in [6, 6.07) is 8.38. The van der Waals surface area contributed by atoms with Gasteiger partial charge < -0.3 is 5.32 Å². The van der Waals surface area contributed by atoms with Crippen LogP contribution in [0.4, 0.5) is 5.69 Å². The largest absolute Gasteiger partial charge is 0.388 e. The third kappa shape index (κ3) is 5.22. The van der Waals surface area contributed by atoms with Crippen LogP contribution >= 0.6 is 0 Å². The molecule has 0 bridgehead atoms. The Hall–Kier alpha value is -1.50. The molecule has 1 atom stereocenters. The first kappa shape index (κ1) is 14.6. The van der Waals surface area contributed by atoms with Gasteiger partial charge in [-0.1, -0.05) is 48.9 Å². The van der Waals surface area contributed by atoms with E-state index in [0.717, 1.165) is 0 Å². The zero-order valence-corrected chi connectivity index (χ0v) is 12.0. The van der Waals surface area contributed by atoms with Crippen molar-refractivity contribution in [3.8, 4) is 0 Å². The highest BCUT2D eigenvalue weighted by Crippen LogP contribution is 2.18. The predicted octanol–water partition coefficient (Wildman–Crippen LogP) is 5.12. The fourth-order valence-electron chi connectivity index (χ4n) is 1.87. The van der Waals surface area contributed by atoms with Crippen molar-refractivity contribution >= 4 is 11.8 Å². The summed E-state index contributed by atoms with van der Waals surface area (Å²) in [5.74, 6) is 0.616. The first-order valence-electron chi connectivity index (χ1n) is 6.72. The number of hydrogen-bond acceptors (Lipinski definition) is 1. The molecule has 0 amide bonds. The van der Waals surface area contributed by atoms with Crippen molar-refractivity contribution in [2.45, 2.75) is 33.6 Å². The quantitative estimate of drug-likeness (QED) is 0.683. The van der Waals surface area contributed by atoms with Crippen molar-refractivity contribution in [1.82, 2.24) is 0 Å². The van der Waals surface area contributed by atoms with Crippen LogP contribution in [0.2, 0.25) is 0 Å². The summed E-state index contributed by atoms with van der Waals surface area (Å²) in [7, 11) is 1.96. The summed E-state index contributed by atoms with van der Waals surface area (Å²) >= 11 is 0. The molecule has 0 radical (unpaired) electrons. The van der Waals surface area contributed by atoms with E-state index >= 15 is 0 Å². The van der Waals surface area contributed by atoms with Gasteiger partial charge in [0.05, 0.1) is 0 Å². The van der Waals surface area contributed by atoms with E-state index in [4.69, 9.17) is 0 Å². The molecule has 0 aromatic heterocycles. The maximum atomic E-state index is 3.22. The zero-order valence-electron chi connectivity index (χ0n) is 12.0. The minimum Gasteiger partial charge on any atom is -0.388 e. The van der Waals surface area contributed by atoms with Gasteiger partial charge in [-0.05, 0) is 44.2 Å². The Labute approximate surface area is 112 Å². The third-order valence-electron chi connectivity index (χ3n) is 3.01. The van der Waals surface area contributed by atoms with Crippen LogP contribution in [0.15, 0.2) is 42.0 Å². The van der Waals surface area contributed by atoms with Gasteiger partial charge in [-0.2, -0.15) is 0 Å². The first-order chi connectivity index (χ1) is 8.63. The molecule has 0 aliphatic rings. The summed E-state index contributed by atoms with van der Waals surface area (Å²) in [5.41, 5.74) is 3.85. The summed E-state index contributed by atoms with van der Waals surface area (Å²) in [6.45, 7) is 6.59. The molecule has 18 heavy (non-hydrogen) atoms. The number of benzene rings is 1. The molecule has 0 aliphatic heterocycles. The van der Waals surface area contributed by atoms with Crippen LogP contribution in [-0.4, -0.2) is 7.05 Å². The summed E-state index contributed by atoms with van der Waals surface area (Å²) < 4.78 is 0. The second-order valence-electron chi connectivity index (χ2n) is 5.03. The fraction of sp³-hybridized carbons (Fsp3) is 0.412. The lowest BCUT2D eigenvalue weighted by Crippen LogP contribution is -1.92. The molecular formula is C17H25N. The Morgan fingerprint density at radius 1 is 1.28 bits per heavy atom. The minimum atomic E-state index is 0.616. The van der Waals surface area contributed by atoms with Crippen LogP contribution in [0.3, 0.4) is 0 Å². The molecule has 0 aliphatic carbocycles. The average Bonchev–Trinajstić information content (AvgIpc) is 2.36. The summed E-state index contributed by atoms with van der Waals surface area (Å²) in [4.78, 5) is 0. The lowest BCUT2D eigenvalue weighted by Gasteiger charge is -2.06. The highest BCUT2D eigenvalue weighted by Gasteiger charge is 1.98. The molecule has 0 saturated heterocycles. The number of anilines is 1. The molecule has 0 fully saturated rings. The smallest absolute Gasteiger partial charge is 0.0411 e. The van der Waals surface area contributed by atoms with Crippen molar-refractivity contribution in [2.24, 2.45) is 5.92 Å². The SMILES string of the molecule is CNc1ccccc1/C=C/[C@H](C)CCC=C(C)C. The first-order valence-corrected chi connectivity index (χ1v) is 6.72. The van der Waals surface area contributed by atoms with Crippen molar-refractivity contribution in [3.05, 3.63) is 47.6 Å². The van der Waals surface area contributed by atoms with Gasteiger partial charge in [0.25, 0.3) is 0 Å². The standard InChI is InChI=1S/C17H25N/c1-14(2)8-7-9-15(3)12-13-16-10-5-6-11-17(16)18-4/h5-6,8,10-13,15,18H,7,9H2,1-4H3/b13-12+/t15-/m1/s1. The van der Waals surface area contributed by atoms with Gasteiger partial charge in [-0.15, -0.1) is 0 Å². The van der Waals surface area contributed by atoms with Gasteiger partial charge >= 0.3 is 0 Å². The van der Waals surface area contributed by atoms with E-state index in [9.17, 15) is 0 Å². The fourth-order valence-corrected chi connectivity index (χ4v) is 1.87. The Kier molecular flexibility index (Phi) is 6.27. The Morgan fingerprint density at radius 3 is 2.67 bits per heavy atom. The Bertz CT molecular complexity index is 411. The number of para-hydroxylation sites is 1. The lowest BCUT2D eigenvalue weighted by molar-refractivity contribution is 0.659. The number of allylic oxidation sites excluding steroid dienone is 3. The van der Waals surface area contributed by atoms with Crippen LogP contribution in [-0.2, 0) is 0 Å². The van der Waals surface area contributed by atoms with Gasteiger partial charge in [0.1, 0.15) is 0 Å². The monoisotopic (exact) mass is 243 g/mol. The molecule has 0 spiro atoms. The third-order valence-corrected chi connectivity index (χ3v) is 3.01. The van der Waals surface area contributed by atoms with Crippen LogP contribution in [0, 0.1) is 5.92 Å². The molecule has 0 saturated carbocycles. The molecular weight excluding hydrogens is 218 g/mol. The van der Waals surface area contributed by atoms with Crippen LogP contribution in [0.1, 0.15) is 39.2 Å². The van der Waals surface area contributed by atoms with Gasteiger partial charge in [0, 0.05) is 12.7 Å². The maximum absolute atomic E-state index is 3.22. The van der Waals surface area contributed by atoms with Crippen molar-refractivity contribution < 1.29 is 0 Å². The molecule has 1 N–H and O–H groups in total. The molecule has 0 unspecified atom stereocenters. The van der Waals surface area contributed by atoms with E-state index in [1.165, 1.54) is 29.7 Å². The van der Waals surface area contributed by atoms with Gasteiger partial charge in [-0.3, -0.25) is 0 Å². The number of hydrogen-bond donors (Lipinski definition) is 1. The van der Waals surface area contributed by atoms with E-state index in [1.54, 1.807) is 0 Å². The molecule has 98 valence electrons. The average molecular weight is 243 g/mol. The summed E-state index contributed by atoms with van der Waals surface area (Å²) in [6.07, 6.45) is 9.21. The van der Waals surface area contributed by atoms with E-state index in [-0.39, 0.29) is 0 Å². The molecule has 0 heterocycles. The molecule has 1 nitrogen and oxygen atoms in total. The van der Waals surface area contributed by atoms with Crippen molar-refractivity contribution in [2.75, 3.05) is 12.4 Å². The van der Waals surface area contributed by atoms with Gasteiger partial charge in [-0.25, -0.2) is 0 Å². The predicted molar refractivity (Wildman–Crippen MR) is 82.9 cm³/mol. The van der Waals surface area contributed by atoms with E-state index < -0.39 is 0 Å². The van der Waals surface area contributed by atoms with Crippen molar-refractivity contribution in [3.63, 3.8) is 0 Å². The highest BCUT2D eigenvalue weighted by atomic mass is 14.8. The minimum absolute atomic E-state index is 0.616. The molecule has 1 rings (SSSR count).